The number of hydrogen-bond acceptors (Lipinski definition) is 3. The lowest BCUT2D eigenvalue weighted by Crippen LogP contribution is -2.08. The molecule has 3 heteroatoms. The van der Waals surface area contributed by atoms with E-state index in [1.807, 2.05) is 51.4 Å². The van der Waals surface area contributed by atoms with Crippen LogP contribution < -0.4 is 16.4 Å². The van der Waals surface area contributed by atoms with E-state index in [0.29, 0.717) is 0 Å². The molecule has 0 saturated heterocycles. The van der Waals surface area contributed by atoms with Crippen molar-refractivity contribution in [3.8, 4) is 0 Å². The Morgan fingerprint density at radius 3 is 2.42 bits per heavy atom. The van der Waals surface area contributed by atoms with Crippen molar-refractivity contribution in [3.63, 3.8) is 0 Å². The van der Waals surface area contributed by atoms with Gasteiger partial charge in [-0.2, -0.15) is 0 Å². The van der Waals surface area contributed by atoms with Crippen molar-refractivity contribution >= 4 is 11.4 Å². The zero-order valence-electron chi connectivity index (χ0n) is 12.1. The van der Waals surface area contributed by atoms with Crippen LogP contribution in [0.1, 0.15) is 25.0 Å². The summed E-state index contributed by atoms with van der Waals surface area (Å²) in [5.74, 6) is 0. The lowest BCUT2D eigenvalue weighted by Gasteiger charge is -2.16. The molecule has 4 N–H and O–H groups in total. The molecule has 0 aliphatic heterocycles. The van der Waals surface area contributed by atoms with Gasteiger partial charge in [0.15, 0.2) is 0 Å². The van der Waals surface area contributed by atoms with E-state index in [9.17, 15) is 0 Å². The van der Waals surface area contributed by atoms with Crippen molar-refractivity contribution in [1.29, 1.82) is 0 Å². The second kappa shape index (κ2) is 6.69. The predicted molar refractivity (Wildman–Crippen MR) is 84.5 cm³/mol. The molecule has 1 aromatic carbocycles. The van der Waals surface area contributed by atoms with Crippen molar-refractivity contribution in [2.75, 3.05) is 11.9 Å². The van der Waals surface area contributed by atoms with E-state index in [1.165, 1.54) is 0 Å². The summed E-state index contributed by atoms with van der Waals surface area (Å²) in [6.45, 7) is 5.90. The fourth-order valence-corrected chi connectivity index (χ4v) is 1.81. The summed E-state index contributed by atoms with van der Waals surface area (Å²) in [5.41, 5.74) is 16.4. The maximum atomic E-state index is 6.06. The summed E-state index contributed by atoms with van der Waals surface area (Å²) in [5, 5.41) is 0. The highest BCUT2D eigenvalue weighted by Crippen LogP contribution is 2.22. The molecule has 0 aromatic heterocycles. The third kappa shape index (κ3) is 4.21. The molecule has 0 heterocycles. The van der Waals surface area contributed by atoms with Gasteiger partial charge in [-0.1, -0.05) is 12.1 Å². The largest absolute Gasteiger partial charge is 0.402 e. The van der Waals surface area contributed by atoms with Gasteiger partial charge in [0.1, 0.15) is 0 Å². The number of nitrogens with zero attached hydrogens (tertiary/aromatic N) is 1. The molecule has 0 aliphatic rings. The third-order valence-electron chi connectivity index (χ3n) is 2.83. The SMILES string of the molecule is C/C=C\N(C)c1ccc(/C(N)=C/C=C(/C)N)c(C)c1. The molecule has 0 fully saturated rings. The number of aryl methyl sites for hydroxylation is 1. The topological polar surface area (TPSA) is 55.3 Å². The van der Waals surface area contributed by atoms with Gasteiger partial charge in [-0.25, -0.2) is 0 Å². The highest BCUT2D eigenvalue weighted by Gasteiger charge is 2.04. The molecule has 19 heavy (non-hydrogen) atoms. The summed E-state index contributed by atoms with van der Waals surface area (Å²) < 4.78 is 0. The van der Waals surface area contributed by atoms with Crippen molar-refractivity contribution < 1.29 is 0 Å². The van der Waals surface area contributed by atoms with E-state index in [1.54, 1.807) is 0 Å². The molecule has 0 radical (unpaired) electrons. The van der Waals surface area contributed by atoms with Gasteiger partial charge in [-0.05, 0) is 56.8 Å². The first-order valence-corrected chi connectivity index (χ1v) is 6.32. The molecular formula is C16H23N3. The van der Waals surface area contributed by atoms with Crippen LogP contribution in [0.15, 0.2) is 48.3 Å². The van der Waals surface area contributed by atoms with Crippen LogP contribution in [0.25, 0.3) is 5.70 Å². The first kappa shape index (κ1) is 14.9. The fourth-order valence-electron chi connectivity index (χ4n) is 1.81. The molecule has 0 aliphatic carbocycles. The molecule has 1 rings (SSSR count). The molecule has 0 bridgehead atoms. The third-order valence-corrected chi connectivity index (χ3v) is 2.83. The number of benzene rings is 1. The molecular weight excluding hydrogens is 234 g/mol. The smallest absolute Gasteiger partial charge is 0.0406 e. The van der Waals surface area contributed by atoms with Crippen LogP contribution in [-0.2, 0) is 0 Å². The lowest BCUT2D eigenvalue weighted by atomic mass is 10.0. The number of allylic oxidation sites excluding steroid dienone is 4. The van der Waals surface area contributed by atoms with Gasteiger partial charge in [-0.3, -0.25) is 0 Å². The van der Waals surface area contributed by atoms with E-state index in [0.717, 1.165) is 28.2 Å². The number of anilines is 1. The summed E-state index contributed by atoms with van der Waals surface area (Å²) >= 11 is 0. The van der Waals surface area contributed by atoms with E-state index in [-0.39, 0.29) is 0 Å². The standard InChI is InChI=1S/C16H23N3/c1-5-10-19(4)14-7-8-15(12(2)11-14)16(18)9-6-13(3)17/h5-11H,17-18H2,1-4H3/b10-5-,13-6-,16-9-. The Morgan fingerprint density at radius 1 is 1.21 bits per heavy atom. The Kier molecular flexibility index (Phi) is 5.24. The highest BCUT2D eigenvalue weighted by atomic mass is 15.1. The fraction of sp³-hybridized carbons (Fsp3) is 0.250. The van der Waals surface area contributed by atoms with Crippen molar-refractivity contribution in [1.82, 2.24) is 0 Å². The Labute approximate surface area is 115 Å². The quantitative estimate of drug-likeness (QED) is 0.815. The van der Waals surface area contributed by atoms with Crippen LogP contribution in [0.3, 0.4) is 0 Å². The molecule has 0 amide bonds. The van der Waals surface area contributed by atoms with Gasteiger partial charge < -0.3 is 16.4 Å². The van der Waals surface area contributed by atoms with Gasteiger partial charge in [0.05, 0.1) is 0 Å². The average molecular weight is 257 g/mol. The monoisotopic (exact) mass is 257 g/mol. The molecule has 0 saturated carbocycles. The zero-order valence-corrected chi connectivity index (χ0v) is 12.1. The second-order valence-electron chi connectivity index (χ2n) is 4.63. The summed E-state index contributed by atoms with van der Waals surface area (Å²) in [6.07, 6.45) is 7.68. The molecule has 0 unspecified atom stereocenters. The van der Waals surface area contributed by atoms with Crippen LogP contribution in [0, 0.1) is 6.92 Å². The maximum absolute atomic E-state index is 6.06. The van der Waals surface area contributed by atoms with Gasteiger partial charge in [-0.15, -0.1) is 0 Å². The van der Waals surface area contributed by atoms with Crippen molar-refractivity contribution in [2.24, 2.45) is 11.5 Å². The predicted octanol–water partition coefficient (Wildman–Crippen LogP) is 3.13. The molecule has 1 aromatic rings. The molecule has 3 nitrogen and oxygen atoms in total. The van der Waals surface area contributed by atoms with Gasteiger partial charge in [0, 0.05) is 29.7 Å². The minimum absolute atomic E-state index is 0.725. The van der Waals surface area contributed by atoms with Crippen molar-refractivity contribution in [2.45, 2.75) is 20.8 Å². The molecule has 102 valence electrons. The Bertz CT molecular complexity index is 521. The van der Waals surface area contributed by atoms with Crippen LogP contribution in [-0.4, -0.2) is 7.05 Å². The summed E-state index contributed by atoms with van der Waals surface area (Å²) in [6, 6.07) is 6.22. The van der Waals surface area contributed by atoms with Gasteiger partial charge >= 0.3 is 0 Å². The number of rotatable bonds is 4. The minimum atomic E-state index is 0.725. The zero-order chi connectivity index (χ0) is 14.4. The normalized spacial score (nSPS) is 13.1. The Hall–Kier alpha value is -2.16. The summed E-state index contributed by atoms with van der Waals surface area (Å²) in [7, 11) is 2.02. The van der Waals surface area contributed by atoms with E-state index in [4.69, 9.17) is 11.5 Å². The maximum Gasteiger partial charge on any atom is 0.0406 e. The van der Waals surface area contributed by atoms with Gasteiger partial charge in [0.25, 0.3) is 0 Å². The lowest BCUT2D eigenvalue weighted by molar-refractivity contribution is 1.19. The summed E-state index contributed by atoms with van der Waals surface area (Å²) in [4.78, 5) is 2.07. The second-order valence-corrected chi connectivity index (χ2v) is 4.63. The van der Waals surface area contributed by atoms with Crippen LogP contribution >= 0.6 is 0 Å². The average Bonchev–Trinajstić information content (AvgIpc) is 2.36. The van der Waals surface area contributed by atoms with E-state index in [2.05, 4.69) is 24.0 Å². The van der Waals surface area contributed by atoms with Crippen molar-refractivity contribution in [3.05, 3.63) is 59.5 Å². The first-order chi connectivity index (χ1) is 8.95. The Balaban J connectivity index is 3.07. The minimum Gasteiger partial charge on any atom is -0.402 e. The van der Waals surface area contributed by atoms with E-state index < -0.39 is 0 Å². The van der Waals surface area contributed by atoms with Crippen LogP contribution in [0.5, 0.6) is 0 Å². The van der Waals surface area contributed by atoms with E-state index >= 15 is 0 Å². The molecule has 0 atom stereocenters. The highest BCUT2D eigenvalue weighted by molar-refractivity contribution is 5.69. The first-order valence-electron chi connectivity index (χ1n) is 6.32. The molecule has 0 spiro atoms. The van der Waals surface area contributed by atoms with Gasteiger partial charge in [0.2, 0.25) is 0 Å². The Morgan fingerprint density at radius 2 is 1.89 bits per heavy atom. The number of hydrogen-bond donors (Lipinski definition) is 2. The van der Waals surface area contributed by atoms with Crippen LogP contribution in [0.2, 0.25) is 0 Å². The van der Waals surface area contributed by atoms with Crippen LogP contribution in [0.4, 0.5) is 5.69 Å². The number of nitrogens with two attached hydrogens (primary N) is 2.